The van der Waals surface area contributed by atoms with Crippen LogP contribution in [0.2, 0.25) is 5.02 Å². The maximum atomic E-state index is 12.1. The number of halogens is 1. The van der Waals surface area contributed by atoms with Gasteiger partial charge in [-0.15, -0.1) is 0 Å². The van der Waals surface area contributed by atoms with Gasteiger partial charge in [-0.3, -0.25) is 9.63 Å². The normalized spacial score (nSPS) is 11.5. The zero-order chi connectivity index (χ0) is 17.0. The van der Waals surface area contributed by atoms with Crippen molar-refractivity contribution in [1.82, 2.24) is 4.47 Å². The SMILES string of the molecule is CON(C)S(=O)(=O)c1ccc(NC(=O)c2ccc(Cl)cc2)cc1. The molecule has 0 saturated carbocycles. The van der Waals surface area contributed by atoms with Crippen LogP contribution in [0.5, 0.6) is 0 Å². The van der Waals surface area contributed by atoms with E-state index in [1.54, 1.807) is 24.3 Å². The second-order valence-electron chi connectivity index (χ2n) is 4.58. The number of carbonyl (C=O) groups is 1. The topological polar surface area (TPSA) is 75.7 Å². The maximum Gasteiger partial charge on any atom is 0.264 e. The molecule has 0 fully saturated rings. The van der Waals surface area contributed by atoms with Crippen LogP contribution in [-0.2, 0) is 14.9 Å². The Balaban J connectivity index is 2.14. The number of sulfonamides is 1. The summed E-state index contributed by atoms with van der Waals surface area (Å²) in [5.74, 6) is -0.314. The summed E-state index contributed by atoms with van der Waals surface area (Å²) < 4.78 is 24.9. The van der Waals surface area contributed by atoms with Crippen LogP contribution in [0.3, 0.4) is 0 Å². The van der Waals surface area contributed by atoms with E-state index in [9.17, 15) is 13.2 Å². The molecule has 1 amide bonds. The summed E-state index contributed by atoms with van der Waals surface area (Å²) >= 11 is 5.77. The molecule has 122 valence electrons. The van der Waals surface area contributed by atoms with E-state index in [0.29, 0.717) is 16.3 Å². The highest BCUT2D eigenvalue weighted by Gasteiger charge is 2.20. The van der Waals surface area contributed by atoms with Crippen LogP contribution < -0.4 is 5.32 Å². The molecule has 0 atom stereocenters. The number of anilines is 1. The van der Waals surface area contributed by atoms with Gasteiger partial charge in [-0.1, -0.05) is 16.1 Å². The standard InChI is InChI=1S/C15H15ClN2O4S/c1-18(22-2)23(20,21)14-9-7-13(8-10-14)17-15(19)11-3-5-12(16)6-4-11/h3-10H,1-2H3,(H,17,19). The predicted molar refractivity (Wildman–Crippen MR) is 87.8 cm³/mol. The molecule has 2 aromatic rings. The Labute approximate surface area is 139 Å². The van der Waals surface area contributed by atoms with Crippen LogP contribution >= 0.6 is 11.6 Å². The Bertz CT molecular complexity index is 789. The van der Waals surface area contributed by atoms with E-state index in [2.05, 4.69) is 5.32 Å². The number of hydroxylamine groups is 1. The number of amides is 1. The fraction of sp³-hybridized carbons (Fsp3) is 0.133. The van der Waals surface area contributed by atoms with E-state index < -0.39 is 10.0 Å². The summed E-state index contributed by atoms with van der Waals surface area (Å²) in [5.41, 5.74) is 0.925. The fourth-order valence-electron chi connectivity index (χ4n) is 1.76. The molecule has 0 spiro atoms. The van der Waals surface area contributed by atoms with Gasteiger partial charge in [0.05, 0.1) is 12.0 Å². The first-order chi connectivity index (χ1) is 10.8. The average Bonchev–Trinajstić information content (AvgIpc) is 2.55. The molecule has 0 aliphatic rings. The van der Waals surface area contributed by atoms with Gasteiger partial charge in [0, 0.05) is 23.3 Å². The van der Waals surface area contributed by atoms with Crippen LogP contribution in [-0.4, -0.2) is 33.0 Å². The molecule has 0 aliphatic heterocycles. The highest BCUT2D eigenvalue weighted by atomic mass is 35.5. The first-order valence-electron chi connectivity index (χ1n) is 6.54. The molecule has 0 aromatic heterocycles. The molecule has 0 bridgehead atoms. The number of rotatable bonds is 5. The summed E-state index contributed by atoms with van der Waals surface area (Å²) in [6.45, 7) is 0. The Hall–Kier alpha value is -1.93. The van der Waals surface area contributed by atoms with E-state index >= 15 is 0 Å². The molecule has 2 aromatic carbocycles. The zero-order valence-corrected chi connectivity index (χ0v) is 14.1. The highest BCUT2D eigenvalue weighted by Crippen LogP contribution is 2.18. The van der Waals surface area contributed by atoms with Gasteiger partial charge in [0.25, 0.3) is 15.9 Å². The third-order valence-electron chi connectivity index (χ3n) is 3.11. The van der Waals surface area contributed by atoms with E-state index in [0.717, 1.165) is 4.47 Å². The lowest BCUT2D eigenvalue weighted by Gasteiger charge is -2.14. The van der Waals surface area contributed by atoms with Crippen molar-refractivity contribution in [2.75, 3.05) is 19.5 Å². The molecule has 0 aliphatic carbocycles. The van der Waals surface area contributed by atoms with Gasteiger partial charge in [-0.2, -0.15) is 0 Å². The number of nitrogens with zero attached hydrogens (tertiary/aromatic N) is 1. The average molecular weight is 355 g/mol. The maximum absolute atomic E-state index is 12.1. The third-order valence-corrected chi connectivity index (χ3v) is 5.06. The van der Waals surface area contributed by atoms with Crippen LogP contribution in [0.25, 0.3) is 0 Å². The minimum atomic E-state index is -3.71. The first-order valence-corrected chi connectivity index (χ1v) is 8.36. The summed E-state index contributed by atoms with van der Waals surface area (Å²) in [6, 6.07) is 12.2. The van der Waals surface area contributed by atoms with Gasteiger partial charge >= 0.3 is 0 Å². The Morgan fingerprint density at radius 3 is 2.17 bits per heavy atom. The van der Waals surface area contributed by atoms with Crippen molar-refractivity contribution in [2.24, 2.45) is 0 Å². The zero-order valence-electron chi connectivity index (χ0n) is 12.5. The van der Waals surface area contributed by atoms with E-state index in [4.69, 9.17) is 16.4 Å². The quantitative estimate of drug-likeness (QED) is 0.838. The minimum Gasteiger partial charge on any atom is -0.322 e. The van der Waals surface area contributed by atoms with E-state index in [1.165, 1.54) is 38.4 Å². The number of benzene rings is 2. The van der Waals surface area contributed by atoms with Gasteiger partial charge < -0.3 is 5.32 Å². The molecule has 0 radical (unpaired) electrons. The lowest BCUT2D eigenvalue weighted by Crippen LogP contribution is -2.25. The van der Waals surface area contributed by atoms with Crippen molar-refractivity contribution >= 4 is 33.2 Å². The highest BCUT2D eigenvalue weighted by molar-refractivity contribution is 7.89. The molecule has 23 heavy (non-hydrogen) atoms. The van der Waals surface area contributed by atoms with Crippen molar-refractivity contribution in [2.45, 2.75) is 4.90 Å². The summed E-state index contributed by atoms with van der Waals surface area (Å²) in [4.78, 5) is 16.8. The van der Waals surface area contributed by atoms with E-state index in [-0.39, 0.29) is 10.8 Å². The van der Waals surface area contributed by atoms with Gasteiger partial charge in [-0.05, 0) is 48.5 Å². The number of hydrogen-bond acceptors (Lipinski definition) is 4. The molecule has 8 heteroatoms. The molecular formula is C15H15ClN2O4S. The predicted octanol–water partition coefficient (Wildman–Crippen LogP) is 2.77. The van der Waals surface area contributed by atoms with Gasteiger partial charge in [-0.25, -0.2) is 8.42 Å². The van der Waals surface area contributed by atoms with Crippen LogP contribution in [0.1, 0.15) is 10.4 Å². The van der Waals surface area contributed by atoms with Gasteiger partial charge in [0.1, 0.15) is 0 Å². The molecule has 0 heterocycles. The molecule has 1 N–H and O–H groups in total. The molecule has 0 unspecified atom stereocenters. The summed E-state index contributed by atoms with van der Waals surface area (Å²) in [6.07, 6.45) is 0. The van der Waals surface area contributed by atoms with Crippen LogP contribution in [0.15, 0.2) is 53.4 Å². The molecular weight excluding hydrogens is 340 g/mol. The fourth-order valence-corrected chi connectivity index (χ4v) is 2.86. The molecule has 0 saturated heterocycles. The molecule has 6 nitrogen and oxygen atoms in total. The largest absolute Gasteiger partial charge is 0.322 e. The van der Waals surface area contributed by atoms with Crippen LogP contribution in [0.4, 0.5) is 5.69 Å². The Morgan fingerprint density at radius 1 is 1.09 bits per heavy atom. The lowest BCUT2D eigenvalue weighted by atomic mass is 10.2. The van der Waals surface area contributed by atoms with Crippen LogP contribution in [0, 0.1) is 0 Å². The number of carbonyl (C=O) groups excluding carboxylic acids is 1. The smallest absolute Gasteiger partial charge is 0.264 e. The van der Waals surface area contributed by atoms with Crippen molar-refractivity contribution in [3.05, 3.63) is 59.1 Å². The number of hydrogen-bond donors (Lipinski definition) is 1. The van der Waals surface area contributed by atoms with E-state index in [1.807, 2.05) is 0 Å². The monoisotopic (exact) mass is 354 g/mol. The minimum absolute atomic E-state index is 0.0614. The third kappa shape index (κ3) is 4.08. The van der Waals surface area contributed by atoms with Gasteiger partial charge in [0.2, 0.25) is 0 Å². The number of nitrogens with one attached hydrogen (secondary N) is 1. The van der Waals surface area contributed by atoms with Crippen molar-refractivity contribution < 1.29 is 18.0 Å². The van der Waals surface area contributed by atoms with Crippen molar-refractivity contribution in [3.8, 4) is 0 Å². The van der Waals surface area contributed by atoms with Gasteiger partial charge in [0.15, 0.2) is 0 Å². The first kappa shape index (κ1) is 17.4. The summed E-state index contributed by atoms with van der Waals surface area (Å²) in [7, 11) is -1.15. The second-order valence-corrected chi connectivity index (χ2v) is 6.95. The Kier molecular flexibility index (Phi) is 5.38. The second kappa shape index (κ2) is 7.10. The Morgan fingerprint density at radius 2 is 1.65 bits per heavy atom. The summed E-state index contributed by atoms with van der Waals surface area (Å²) in [5, 5.41) is 3.22. The van der Waals surface area contributed by atoms with Crippen molar-refractivity contribution in [1.29, 1.82) is 0 Å². The lowest BCUT2D eigenvalue weighted by molar-refractivity contribution is -0.0258. The molecule has 2 rings (SSSR count). The van der Waals surface area contributed by atoms with Crippen molar-refractivity contribution in [3.63, 3.8) is 0 Å².